The Hall–Kier alpha value is -0.850. The molecule has 2 rings (SSSR count). The summed E-state index contributed by atoms with van der Waals surface area (Å²) in [5.74, 6) is 0.825. The second kappa shape index (κ2) is 4.12. The summed E-state index contributed by atoms with van der Waals surface area (Å²) in [6.45, 7) is 3.06. The number of hydrogen-bond acceptors (Lipinski definition) is 3. The van der Waals surface area contributed by atoms with Crippen molar-refractivity contribution >= 4 is 11.3 Å². The average Bonchev–Trinajstić information content (AvgIpc) is 2.92. The van der Waals surface area contributed by atoms with Crippen LogP contribution < -0.4 is 5.32 Å². The number of aryl methyl sites for hydroxylation is 1. The summed E-state index contributed by atoms with van der Waals surface area (Å²) < 4.78 is 0. The van der Waals surface area contributed by atoms with Crippen molar-refractivity contribution in [1.82, 2.24) is 5.32 Å². The largest absolute Gasteiger partial charge is 0.297 e. The molecule has 14 heavy (non-hydrogen) atoms. The second-order valence-corrected chi connectivity index (χ2v) is 4.83. The Morgan fingerprint density at radius 3 is 3.00 bits per heavy atom. The number of hydrogen-bond donors (Lipinski definition) is 1. The molecule has 3 heteroatoms. The summed E-state index contributed by atoms with van der Waals surface area (Å²) >= 11 is 1.67. The molecule has 1 aromatic heterocycles. The average molecular weight is 206 g/mol. The van der Waals surface area contributed by atoms with Gasteiger partial charge in [-0.25, -0.2) is 0 Å². The van der Waals surface area contributed by atoms with Crippen LogP contribution in [0.25, 0.3) is 0 Å². The number of thiophene rings is 1. The molecule has 1 heterocycles. The maximum atomic E-state index is 9.05. The minimum atomic E-state index is -0.101. The lowest BCUT2D eigenvalue weighted by Gasteiger charge is -2.10. The number of rotatable bonds is 4. The van der Waals surface area contributed by atoms with Crippen LogP contribution in [0.5, 0.6) is 0 Å². The zero-order valence-electron chi connectivity index (χ0n) is 8.29. The molecule has 74 valence electrons. The third kappa shape index (κ3) is 2.14. The lowest BCUT2D eigenvalue weighted by molar-refractivity contribution is 0.597. The van der Waals surface area contributed by atoms with Crippen LogP contribution in [0.4, 0.5) is 0 Å². The molecule has 0 amide bonds. The number of nitrogens with zero attached hydrogens (tertiary/aromatic N) is 1. The number of nitrogens with one attached hydrogen (secondary N) is 1. The molecular formula is C11H14N2S. The van der Waals surface area contributed by atoms with E-state index in [1.54, 1.807) is 11.3 Å². The van der Waals surface area contributed by atoms with Gasteiger partial charge in [0.05, 0.1) is 6.07 Å². The first-order valence-electron chi connectivity index (χ1n) is 4.98. The van der Waals surface area contributed by atoms with Gasteiger partial charge in [-0.1, -0.05) is 0 Å². The lowest BCUT2D eigenvalue weighted by Crippen LogP contribution is -2.22. The highest BCUT2D eigenvalue weighted by atomic mass is 32.1. The van der Waals surface area contributed by atoms with Crippen molar-refractivity contribution in [2.24, 2.45) is 5.92 Å². The summed E-state index contributed by atoms with van der Waals surface area (Å²) in [5.41, 5.74) is 1.23. The van der Waals surface area contributed by atoms with Gasteiger partial charge in [0.15, 0.2) is 0 Å². The molecule has 1 fully saturated rings. The van der Waals surface area contributed by atoms with Crippen LogP contribution in [-0.2, 0) is 0 Å². The molecule has 0 saturated heterocycles. The van der Waals surface area contributed by atoms with Crippen molar-refractivity contribution in [1.29, 1.82) is 5.26 Å². The Balaban J connectivity index is 1.98. The molecular weight excluding hydrogens is 192 g/mol. The van der Waals surface area contributed by atoms with Crippen molar-refractivity contribution < 1.29 is 0 Å². The van der Waals surface area contributed by atoms with Crippen LogP contribution in [-0.4, -0.2) is 6.54 Å². The maximum absolute atomic E-state index is 9.05. The van der Waals surface area contributed by atoms with Gasteiger partial charge >= 0.3 is 0 Å². The van der Waals surface area contributed by atoms with Crippen molar-refractivity contribution in [2.75, 3.05) is 6.54 Å². The highest BCUT2D eigenvalue weighted by Crippen LogP contribution is 2.29. The second-order valence-electron chi connectivity index (χ2n) is 3.88. The highest BCUT2D eigenvalue weighted by Gasteiger charge is 2.23. The molecule has 1 saturated carbocycles. The van der Waals surface area contributed by atoms with E-state index >= 15 is 0 Å². The summed E-state index contributed by atoms with van der Waals surface area (Å²) in [5, 5.41) is 14.4. The third-order valence-corrected chi connectivity index (χ3v) is 3.68. The molecule has 0 radical (unpaired) electrons. The Labute approximate surface area is 88.6 Å². The SMILES string of the molecule is Cc1ccsc1C(C#N)NCC1CC1. The third-order valence-electron chi connectivity index (χ3n) is 2.60. The predicted molar refractivity (Wildman–Crippen MR) is 58.1 cm³/mol. The molecule has 0 aliphatic heterocycles. The van der Waals surface area contributed by atoms with Gasteiger partial charge in [0, 0.05) is 4.88 Å². The first-order chi connectivity index (χ1) is 6.81. The van der Waals surface area contributed by atoms with Gasteiger partial charge in [0.25, 0.3) is 0 Å². The summed E-state index contributed by atoms with van der Waals surface area (Å²) in [7, 11) is 0. The van der Waals surface area contributed by atoms with Gasteiger partial charge < -0.3 is 0 Å². The van der Waals surface area contributed by atoms with E-state index in [0.29, 0.717) is 0 Å². The van der Waals surface area contributed by atoms with Crippen LogP contribution >= 0.6 is 11.3 Å². The van der Waals surface area contributed by atoms with E-state index in [0.717, 1.165) is 12.5 Å². The zero-order chi connectivity index (χ0) is 9.97. The molecule has 0 aromatic carbocycles. The Morgan fingerprint density at radius 1 is 1.71 bits per heavy atom. The summed E-state index contributed by atoms with van der Waals surface area (Å²) in [6.07, 6.45) is 2.66. The van der Waals surface area contributed by atoms with Gasteiger partial charge in [0.2, 0.25) is 0 Å². The van der Waals surface area contributed by atoms with Gasteiger partial charge in [0.1, 0.15) is 6.04 Å². The first kappa shape index (κ1) is 9.70. The van der Waals surface area contributed by atoms with Crippen LogP contribution in [0.1, 0.15) is 29.3 Å². The van der Waals surface area contributed by atoms with Crippen LogP contribution in [0.15, 0.2) is 11.4 Å². The fraction of sp³-hybridized carbons (Fsp3) is 0.545. The topological polar surface area (TPSA) is 35.8 Å². The Bertz CT molecular complexity index is 346. The van der Waals surface area contributed by atoms with E-state index in [2.05, 4.69) is 24.4 Å². The van der Waals surface area contributed by atoms with Crippen molar-refractivity contribution in [3.05, 3.63) is 21.9 Å². The van der Waals surface area contributed by atoms with E-state index in [1.807, 2.05) is 5.38 Å². The Kier molecular flexibility index (Phi) is 2.85. The molecule has 2 nitrogen and oxygen atoms in total. The minimum Gasteiger partial charge on any atom is -0.297 e. The normalized spacial score (nSPS) is 17.7. The fourth-order valence-corrected chi connectivity index (χ4v) is 2.43. The standard InChI is InChI=1S/C11H14N2S/c1-8-4-5-14-11(8)10(6-12)13-7-9-2-3-9/h4-5,9-10,13H,2-3,7H2,1H3. The molecule has 0 bridgehead atoms. The maximum Gasteiger partial charge on any atom is 0.130 e. The van der Waals surface area contributed by atoms with Crippen LogP contribution in [0.2, 0.25) is 0 Å². The smallest absolute Gasteiger partial charge is 0.130 e. The number of nitriles is 1. The summed E-state index contributed by atoms with van der Waals surface area (Å²) in [6, 6.07) is 4.30. The first-order valence-corrected chi connectivity index (χ1v) is 5.86. The fourth-order valence-electron chi connectivity index (χ4n) is 1.48. The molecule has 1 aliphatic carbocycles. The van der Waals surface area contributed by atoms with Crippen LogP contribution in [0, 0.1) is 24.2 Å². The predicted octanol–water partition coefficient (Wildman–Crippen LogP) is 2.62. The molecule has 0 spiro atoms. The van der Waals surface area contributed by atoms with Crippen LogP contribution in [0.3, 0.4) is 0 Å². The van der Waals surface area contributed by atoms with Crippen molar-refractivity contribution in [3.63, 3.8) is 0 Å². The Morgan fingerprint density at radius 2 is 2.50 bits per heavy atom. The van der Waals surface area contributed by atoms with E-state index in [4.69, 9.17) is 5.26 Å². The van der Waals surface area contributed by atoms with Gasteiger partial charge in [-0.3, -0.25) is 5.32 Å². The van der Waals surface area contributed by atoms with Gasteiger partial charge in [-0.05, 0) is 49.2 Å². The van der Waals surface area contributed by atoms with Gasteiger partial charge in [-0.2, -0.15) is 5.26 Å². The lowest BCUT2D eigenvalue weighted by atomic mass is 10.2. The van der Waals surface area contributed by atoms with E-state index < -0.39 is 0 Å². The van der Waals surface area contributed by atoms with E-state index in [1.165, 1.54) is 23.3 Å². The van der Waals surface area contributed by atoms with Gasteiger partial charge in [-0.15, -0.1) is 11.3 Å². The quantitative estimate of drug-likeness (QED) is 0.822. The molecule has 1 aromatic rings. The summed E-state index contributed by atoms with van der Waals surface area (Å²) in [4.78, 5) is 1.17. The minimum absolute atomic E-state index is 0.101. The van der Waals surface area contributed by atoms with E-state index in [9.17, 15) is 0 Å². The zero-order valence-corrected chi connectivity index (χ0v) is 9.10. The monoisotopic (exact) mass is 206 g/mol. The van der Waals surface area contributed by atoms with Crippen molar-refractivity contribution in [3.8, 4) is 6.07 Å². The van der Waals surface area contributed by atoms with Crippen molar-refractivity contribution in [2.45, 2.75) is 25.8 Å². The molecule has 1 unspecified atom stereocenters. The molecule has 1 atom stereocenters. The molecule has 1 aliphatic rings. The van der Waals surface area contributed by atoms with E-state index in [-0.39, 0.29) is 6.04 Å². The molecule has 1 N–H and O–H groups in total. The highest BCUT2D eigenvalue weighted by molar-refractivity contribution is 7.10.